The van der Waals surface area contributed by atoms with E-state index in [2.05, 4.69) is 16.7 Å². The summed E-state index contributed by atoms with van der Waals surface area (Å²) in [6.07, 6.45) is 1.72. The van der Waals surface area contributed by atoms with Gasteiger partial charge in [0.05, 0.1) is 6.07 Å². The van der Waals surface area contributed by atoms with Crippen LogP contribution in [0.25, 0.3) is 0 Å². The van der Waals surface area contributed by atoms with E-state index in [1.807, 2.05) is 0 Å². The Morgan fingerprint density at radius 1 is 1.44 bits per heavy atom. The fraction of sp³-hybridized carbons (Fsp3) is 0.444. The molecule has 0 spiro atoms. The first-order valence-electron chi connectivity index (χ1n) is 8.42. The van der Waals surface area contributed by atoms with E-state index in [9.17, 15) is 19.6 Å². The van der Waals surface area contributed by atoms with Gasteiger partial charge in [-0.25, -0.2) is 4.79 Å². The van der Waals surface area contributed by atoms with Crippen LogP contribution in [-0.4, -0.2) is 34.8 Å². The lowest BCUT2D eigenvalue weighted by Gasteiger charge is -2.25. The van der Waals surface area contributed by atoms with Crippen LogP contribution in [0.1, 0.15) is 32.3 Å². The van der Waals surface area contributed by atoms with Gasteiger partial charge in [0.25, 0.3) is 5.91 Å². The molecular formula is C18H18Cl2N4O3. The van der Waals surface area contributed by atoms with Crippen molar-refractivity contribution >= 4 is 41.0 Å². The van der Waals surface area contributed by atoms with Crippen molar-refractivity contribution in [1.82, 2.24) is 15.5 Å². The molecule has 1 aliphatic heterocycles. The molecule has 2 atom stereocenters. The molecule has 1 saturated carbocycles. The Morgan fingerprint density at radius 3 is 2.67 bits per heavy atom. The predicted octanol–water partition coefficient (Wildman–Crippen LogP) is 2.57. The van der Waals surface area contributed by atoms with Crippen LogP contribution in [0.3, 0.4) is 0 Å². The number of hydrogen-bond donors (Lipinski definition) is 2. The average molecular weight is 409 g/mol. The Labute approximate surface area is 166 Å². The maximum Gasteiger partial charge on any atom is 0.325 e. The van der Waals surface area contributed by atoms with Crippen LogP contribution in [0.4, 0.5) is 4.79 Å². The Morgan fingerprint density at radius 2 is 2.11 bits per heavy atom. The second-order valence-electron chi connectivity index (χ2n) is 7.21. The van der Waals surface area contributed by atoms with E-state index < -0.39 is 35.5 Å². The van der Waals surface area contributed by atoms with Crippen LogP contribution in [-0.2, 0) is 15.1 Å². The molecule has 27 heavy (non-hydrogen) atoms. The van der Waals surface area contributed by atoms with Crippen LogP contribution >= 0.6 is 23.2 Å². The molecule has 2 N–H and O–H groups in total. The standard InChI is InChI=1S/C18H18Cl2N4O3/c1-17(9-21,10-3-4-10)22-14(25)8-24-15(26)18(2,23-16(24)27)12-6-5-11(19)7-13(12)20/h5-7,10H,3-4,8H2,1-2H3,(H,22,25)(H,23,27). The lowest BCUT2D eigenvalue weighted by molar-refractivity contribution is -0.135. The number of urea groups is 1. The van der Waals surface area contributed by atoms with Crippen molar-refractivity contribution in [2.75, 3.05) is 6.54 Å². The second kappa shape index (κ2) is 6.70. The fourth-order valence-electron chi connectivity index (χ4n) is 3.27. The van der Waals surface area contributed by atoms with Crippen LogP contribution in [0.15, 0.2) is 18.2 Å². The quantitative estimate of drug-likeness (QED) is 0.730. The van der Waals surface area contributed by atoms with E-state index in [4.69, 9.17) is 23.2 Å². The number of nitrogens with one attached hydrogen (secondary N) is 2. The summed E-state index contributed by atoms with van der Waals surface area (Å²) < 4.78 is 0. The van der Waals surface area contributed by atoms with E-state index in [0.29, 0.717) is 10.6 Å². The third-order valence-electron chi connectivity index (χ3n) is 5.07. The average Bonchev–Trinajstić information content (AvgIpc) is 3.41. The Balaban J connectivity index is 1.78. The maximum atomic E-state index is 12.9. The summed E-state index contributed by atoms with van der Waals surface area (Å²) in [7, 11) is 0. The third kappa shape index (κ3) is 3.47. The zero-order valence-electron chi connectivity index (χ0n) is 14.8. The molecule has 0 radical (unpaired) electrons. The van der Waals surface area contributed by atoms with Crippen LogP contribution in [0.5, 0.6) is 0 Å². The lowest BCUT2D eigenvalue weighted by Crippen LogP contribution is -2.51. The van der Waals surface area contributed by atoms with Gasteiger partial charge in [-0.15, -0.1) is 0 Å². The smallest absolute Gasteiger partial charge is 0.325 e. The first-order chi connectivity index (χ1) is 12.6. The van der Waals surface area contributed by atoms with Gasteiger partial charge in [-0.1, -0.05) is 29.3 Å². The summed E-state index contributed by atoms with van der Waals surface area (Å²) in [6, 6.07) is 6.01. The lowest BCUT2D eigenvalue weighted by atomic mass is 9.92. The van der Waals surface area contributed by atoms with Gasteiger partial charge < -0.3 is 10.6 Å². The highest BCUT2D eigenvalue weighted by atomic mass is 35.5. The summed E-state index contributed by atoms with van der Waals surface area (Å²) >= 11 is 12.1. The second-order valence-corrected chi connectivity index (χ2v) is 8.05. The fourth-order valence-corrected chi connectivity index (χ4v) is 3.87. The minimum Gasteiger partial charge on any atom is -0.336 e. The van der Waals surface area contributed by atoms with Crippen LogP contribution in [0.2, 0.25) is 10.0 Å². The summed E-state index contributed by atoms with van der Waals surface area (Å²) in [5.41, 5.74) is -2.03. The monoisotopic (exact) mass is 408 g/mol. The maximum absolute atomic E-state index is 12.9. The van der Waals surface area contributed by atoms with Gasteiger partial charge in [-0.05, 0) is 44.7 Å². The first-order valence-corrected chi connectivity index (χ1v) is 9.18. The van der Waals surface area contributed by atoms with Gasteiger partial charge in [0.15, 0.2) is 0 Å². The number of benzene rings is 1. The van der Waals surface area contributed by atoms with Gasteiger partial charge >= 0.3 is 6.03 Å². The number of hydrogen-bond acceptors (Lipinski definition) is 4. The Bertz CT molecular complexity index is 880. The zero-order valence-corrected chi connectivity index (χ0v) is 16.3. The van der Waals surface area contributed by atoms with Gasteiger partial charge in [0.2, 0.25) is 5.91 Å². The largest absolute Gasteiger partial charge is 0.336 e. The van der Waals surface area contributed by atoms with Crippen molar-refractivity contribution in [3.05, 3.63) is 33.8 Å². The molecule has 2 fully saturated rings. The molecule has 0 bridgehead atoms. The van der Waals surface area contributed by atoms with Crippen LogP contribution < -0.4 is 10.6 Å². The topological polar surface area (TPSA) is 102 Å². The molecule has 3 rings (SSSR count). The molecular weight excluding hydrogens is 391 g/mol. The first kappa shape index (κ1) is 19.5. The van der Waals surface area contributed by atoms with E-state index in [1.165, 1.54) is 13.0 Å². The molecule has 0 aromatic heterocycles. The number of carbonyl (C=O) groups excluding carboxylic acids is 3. The predicted molar refractivity (Wildman–Crippen MR) is 98.9 cm³/mol. The molecule has 9 heteroatoms. The summed E-state index contributed by atoms with van der Waals surface area (Å²) in [4.78, 5) is 38.4. The van der Waals surface area contributed by atoms with E-state index in [-0.39, 0.29) is 10.9 Å². The van der Waals surface area contributed by atoms with Gasteiger partial charge in [-0.2, -0.15) is 5.26 Å². The Kier molecular flexibility index (Phi) is 4.83. The number of carbonyl (C=O) groups is 3. The zero-order chi connectivity index (χ0) is 20.0. The minimum atomic E-state index is -1.41. The Hall–Kier alpha value is -2.30. The number of imide groups is 1. The number of halogens is 2. The molecule has 2 unspecified atom stereocenters. The molecule has 1 saturated heterocycles. The molecule has 142 valence electrons. The summed E-state index contributed by atoms with van der Waals surface area (Å²) in [5.74, 6) is -1.08. The normalized spacial score (nSPS) is 24.2. The van der Waals surface area contributed by atoms with E-state index >= 15 is 0 Å². The van der Waals surface area contributed by atoms with Gasteiger partial charge in [-0.3, -0.25) is 14.5 Å². The molecule has 7 nitrogen and oxygen atoms in total. The molecule has 2 aliphatic rings. The summed E-state index contributed by atoms with van der Waals surface area (Å²) in [6.45, 7) is 2.69. The number of amides is 4. The minimum absolute atomic E-state index is 0.0905. The SMILES string of the molecule is CC1(c2ccc(Cl)cc2Cl)NC(=O)N(CC(=O)NC(C)(C#N)C2CC2)C1=O. The highest BCUT2D eigenvalue weighted by Crippen LogP contribution is 2.39. The third-order valence-corrected chi connectivity index (χ3v) is 5.62. The van der Waals surface area contributed by atoms with Crippen molar-refractivity contribution < 1.29 is 14.4 Å². The molecule has 1 aromatic rings. The number of rotatable bonds is 5. The molecule has 4 amide bonds. The summed E-state index contributed by atoms with van der Waals surface area (Å²) in [5, 5.41) is 15.2. The highest BCUT2D eigenvalue weighted by Gasteiger charge is 2.51. The van der Waals surface area contributed by atoms with E-state index in [1.54, 1.807) is 19.1 Å². The van der Waals surface area contributed by atoms with Crippen molar-refractivity contribution in [1.29, 1.82) is 5.26 Å². The van der Waals surface area contributed by atoms with Crippen LogP contribution in [0, 0.1) is 17.2 Å². The van der Waals surface area contributed by atoms with E-state index in [0.717, 1.165) is 17.7 Å². The number of nitrogens with zero attached hydrogens (tertiary/aromatic N) is 2. The number of nitriles is 1. The van der Waals surface area contributed by atoms with Crippen molar-refractivity contribution in [2.24, 2.45) is 5.92 Å². The van der Waals surface area contributed by atoms with Gasteiger partial charge in [0, 0.05) is 15.6 Å². The molecule has 1 aliphatic carbocycles. The van der Waals surface area contributed by atoms with Crippen molar-refractivity contribution in [3.63, 3.8) is 0 Å². The van der Waals surface area contributed by atoms with Gasteiger partial charge in [0.1, 0.15) is 17.6 Å². The molecule has 1 aromatic carbocycles. The highest BCUT2D eigenvalue weighted by molar-refractivity contribution is 6.35. The van der Waals surface area contributed by atoms with Crippen molar-refractivity contribution in [2.45, 2.75) is 37.8 Å². The molecule has 1 heterocycles. The van der Waals surface area contributed by atoms with Crippen molar-refractivity contribution in [3.8, 4) is 6.07 Å².